The number of rotatable bonds is 4. The van der Waals surface area contributed by atoms with Crippen molar-refractivity contribution in [3.63, 3.8) is 0 Å². The highest BCUT2D eigenvalue weighted by atomic mass is 16.2. The van der Waals surface area contributed by atoms with Crippen LogP contribution in [0.3, 0.4) is 0 Å². The zero-order valence-corrected chi connectivity index (χ0v) is 17.2. The van der Waals surface area contributed by atoms with Gasteiger partial charge in [0.15, 0.2) is 5.65 Å². The van der Waals surface area contributed by atoms with Gasteiger partial charge in [0, 0.05) is 6.04 Å². The zero-order chi connectivity index (χ0) is 20.5. The Hall–Kier alpha value is -2.96. The summed E-state index contributed by atoms with van der Waals surface area (Å²) in [4.78, 5) is 29.8. The van der Waals surface area contributed by atoms with E-state index in [0.29, 0.717) is 17.0 Å². The first-order chi connectivity index (χ1) is 13.9. The Morgan fingerprint density at radius 3 is 2.62 bits per heavy atom. The third kappa shape index (κ3) is 3.95. The normalized spacial score (nSPS) is 19.4. The molecule has 0 bridgehead atoms. The van der Waals surface area contributed by atoms with E-state index in [4.69, 9.17) is 0 Å². The van der Waals surface area contributed by atoms with Gasteiger partial charge in [-0.2, -0.15) is 5.10 Å². The minimum absolute atomic E-state index is 0.0280. The number of carbonyl (C=O) groups is 1. The third-order valence-corrected chi connectivity index (χ3v) is 5.78. The fourth-order valence-corrected chi connectivity index (χ4v) is 4.26. The van der Waals surface area contributed by atoms with Gasteiger partial charge in [-0.25, -0.2) is 9.67 Å². The minimum atomic E-state index is -0.252. The molecule has 1 aromatic carbocycles. The Balaban J connectivity index is 1.58. The van der Waals surface area contributed by atoms with Crippen LogP contribution >= 0.6 is 0 Å². The Bertz CT molecular complexity index is 1090. The molecule has 1 aliphatic carbocycles. The van der Waals surface area contributed by atoms with Crippen molar-refractivity contribution in [3.05, 3.63) is 52.2 Å². The largest absolute Gasteiger partial charge is 0.352 e. The van der Waals surface area contributed by atoms with E-state index in [1.54, 1.807) is 4.68 Å². The Morgan fingerprint density at radius 2 is 1.90 bits per heavy atom. The molecule has 7 nitrogen and oxygen atoms in total. The topological polar surface area (TPSA) is 81.8 Å². The van der Waals surface area contributed by atoms with Crippen LogP contribution in [0, 0.1) is 19.8 Å². The molecule has 1 aliphatic rings. The van der Waals surface area contributed by atoms with Gasteiger partial charge in [-0.1, -0.05) is 25.8 Å². The molecular formula is C22H27N5O2. The van der Waals surface area contributed by atoms with Gasteiger partial charge >= 0.3 is 0 Å². The second-order valence-corrected chi connectivity index (χ2v) is 8.25. The van der Waals surface area contributed by atoms with Gasteiger partial charge in [-0.15, -0.1) is 0 Å². The molecule has 2 atom stereocenters. The summed E-state index contributed by atoms with van der Waals surface area (Å²) in [6, 6.07) is 6.29. The number of carbonyl (C=O) groups excluding carboxylic acids is 1. The maximum atomic E-state index is 12.9. The summed E-state index contributed by atoms with van der Waals surface area (Å²) in [6.45, 7) is 6.19. The summed E-state index contributed by atoms with van der Waals surface area (Å²) in [5.41, 5.74) is 3.34. The second-order valence-electron chi connectivity index (χ2n) is 8.25. The fourth-order valence-electron chi connectivity index (χ4n) is 4.26. The molecule has 152 valence electrons. The number of nitrogens with one attached hydrogen (secondary N) is 1. The van der Waals surface area contributed by atoms with E-state index in [-0.39, 0.29) is 24.1 Å². The molecule has 1 amide bonds. The highest BCUT2D eigenvalue weighted by molar-refractivity contribution is 5.78. The van der Waals surface area contributed by atoms with Gasteiger partial charge in [0.1, 0.15) is 18.3 Å². The smallest absolute Gasteiger partial charge is 0.264 e. The van der Waals surface area contributed by atoms with Gasteiger partial charge < -0.3 is 5.32 Å². The van der Waals surface area contributed by atoms with Crippen LogP contribution in [0.15, 0.2) is 35.5 Å². The highest BCUT2D eigenvalue weighted by Crippen LogP contribution is 2.23. The Kier molecular flexibility index (Phi) is 5.22. The molecule has 0 spiro atoms. The number of aromatic nitrogens is 4. The van der Waals surface area contributed by atoms with Crippen LogP contribution in [0.2, 0.25) is 0 Å². The number of amides is 1. The van der Waals surface area contributed by atoms with E-state index in [1.807, 2.05) is 26.0 Å². The number of benzene rings is 1. The summed E-state index contributed by atoms with van der Waals surface area (Å²) < 4.78 is 3.03. The van der Waals surface area contributed by atoms with Crippen molar-refractivity contribution < 1.29 is 4.79 Å². The average Bonchev–Trinajstić information content (AvgIpc) is 3.10. The quantitative estimate of drug-likeness (QED) is 0.739. The van der Waals surface area contributed by atoms with E-state index >= 15 is 0 Å². The summed E-state index contributed by atoms with van der Waals surface area (Å²) in [7, 11) is 0. The van der Waals surface area contributed by atoms with Crippen LogP contribution < -0.4 is 10.9 Å². The lowest BCUT2D eigenvalue weighted by Crippen LogP contribution is -2.43. The summed E-state index contributed by atoms with van der Waals surface area (Å²) >= 11 is 0. The molecule has 0 radical (unpaired) electrons. The molecule has 1 N–H and O–H groups in total. The molecule has 0 aliphatic heterocycles. The van der Waals surface area contributed by atoms with Crippen molar-refractivity contribution in [3.8, 4) is 5.69 Å². The van der Waals surface area contributed by atoms with Gasteiger partial charge in [0.05, 0.1) is 11.9 Å². The van der Waals surface area contributed by atoms with E-state index < -0.39 is 0 Å². The standard InChI is InChI=1S/C22H27N5O2/c1-14-8-15(2)10-17(9-14)27-21-18(11-24-27)22(29)26(13-23-21)12-20(28)25-19-7-5-4-6-16(19)3/h8-11,13,16,19H,4-7,12H2,1-3H3,(H,25,28). The average molecular weight is 393 g/mol. The lowest BCUT2D eigenvalue weighted by Gasteiger charge is -2.29. The SMILES string of the molecule is Cc1cc(C)cc(-n2ncc3c(=O)n(CC(=O)NC4CCCCC4C)cnc32)c1. The third-order valence-electron chi connectivity index (χ3n) is 5.78. The van der Waals surface area contributed by atoms with E-state index in [1.165, 1.54) is 23.5 Å². The number of hydrogen-bond acceptors (Lipinski definition) is 4. The van der Waals surface area contributed by atoms with E-state index in [2.05, 4.69) is 28.4 Å². The van der Waals surface area contributed by atoms with Crippen LogP contribution in [0.25, 0.3) is 16.7 Å². The van der Waals surface area contributed by atoms with Gasteiger partial charge in [0.25, 0.3) is 5.56 Å². The monoisotopic (exact) mass is 393 g/mol. The van der Waals surface area contributed by atoms with Crippen LogP contribution in [0.4, 0.5) is 0 Å². The first-order valence-corrected chi connectivity index (χ1v) is 10.2. The molecule has 1 fully saturated rings. The van der Waals surface area contributed by atoms with Crippen molar-refractivity contribution in [1.82, 2.24) is 24.6 Å². The maximum Gasteiger partial charge on any atom is 0.264 e. The predicted octanol–water partition coefficient (Wildman–Crippen LogP) is 2.89. The minimum Gasteiger partial charge on any atom is -0.352 e. The fraction of sp³-hybridized carbons (Fsp3) is 0.455. The molecule has 2 aromatic heterocycles. The molecule has 7 heteroatoms. The molecule has 0 saturated heterocycles. The zero-order valence-electron chi connectivity index (χ0n) is 17.2. The Morgan fingerprint density at radius 1 is 1.17 bits per heavy atom. The van der Waals surface area contributed by atoms with Crippen molar-refractivity contribution >= 4 is 16.9 Å². The first kappa shape index (κ1) is 19.4. The lowest BCUT2D eigenvalue weighted by atomic mass is 9.86. The van der Waals surface area contributed by atoms with Crippen molar-refractivity contribution in [2.45, 2.75) is 59.0 Å². The molecule has 1 saturated carbocycles. The number of hydrogen-bond donors (Lipinski definition) is 1. The molecule has 4 rings (SSSR count). The van der Waals surface area contributed by atoms with Crippen molar-refractivity contribution in [2.24, 2.45) is 5.92 Å². The molecule has 3 aromatic rings. The van der Waals surface area contributed by atoms with E-state index in [0.717, 1.165) is 36.1 Å². The highest BCUT2D eigenvalue weighted by Gasteiger charge is 2.23. The lowest BCUT2D eigenvalue weighted by molar-refractivity contribution is -0.123. The summed E-state index contributed by atoms with van der Waals surface area (Å²) in [5.74, 6) is 0.328. The van der Waals surface area contributed by atoms with E-state index in [9.17, 15) is 9.59 Å². The summed E-state index contributed by atoms with van der Waals surface area (Å²) in [5, 5.41) is 7.87. The molecule has 2 unspecified atom stereocenters. The van der Waals surface area contributed by atoms with Crippen LogP contribution in [-0.4, -0.2) is 31.3 Å². The Labute approximate surface area is 169 Å². The number of fused-ring (bicyclic) bond motifs is 1. The number of nitrogens with zero attached hydrogens (tertiary/aromatic N) is 4. The maximum absolute atomic E-state index is 12.9. The van der Waals surface area contributed by atoms with Crippen LogP contribution in [0.5, 0.6) is 0 Å². The predicted molar refractivity (Wildman–Crippen MR) is 112 cm³/mol. The first-order valence-electron chi connectivity index (χ1n) is 10.2. The van der Waals surface area contributed by atoms with Gasteiger partial charge in [-0.3, -0.25) is 14.2 Å². The number of aryl methyl sites for hydroxylation is 2. The summed E-state index contributed by atoms with van der Waals surface area (Å²) in [6.07, 6.45) is 7.46. The molecule has 29 heavy (non-hydrogen) atoms. The molecular weight excluding hydrogens is 366 g/mol. The second kappa shape index (κ2) is 7.81. The van der Waals surface area contributed by atoms with Crippen molar-refractivity contribution in [2.75, 3.05) is 0 Å². The van der Waals surface area contributed by atoms with Gasteiger partial charge in [0.2, 0.25) is 5.91 Å². The van der Waals surface area contributed by atoms with Gasteiger partial charge in [-0.05, 0) is 55.9 Å². The van der Waals surface area contributed by atoms with Crippen molar-refractivity contribution in [1.29, 1.82) is 0 Å². The molecule has 2 heterocycles. The van der Waals surface area contributed by atoms with Crippen LogP contribution in [0.1, 0.15) is 43.7 Å². The van der Waals surface area contributed by atoms with Crippen LogP contribution in [-0.2, 0) is 11.3 Å².